The van der Waals surface area contributed by atoms with Gasteiger partial charge in [0, 0.05) is 18.2 Å². The summed E-state index contributed by atoms with van der Waals surface area (Å²) in [6, 6.07) is 20.1. The molecule has 1 aliphatic rings. The van der Waals surface area contributed by atoms with Crippen LogP contribution >= 0.6 is 11.8 Å². The fourth-order valence-corrected chi connectivity index (χ4v) is 3.41. The summed E-state index contributed by atoms with van der Waals surface area (Å²) in [5.41, 5.74) is 2.03. The Morgan fingerprint density at radius 2 is 1.73 bits per heavy atom. The van der Waals surface area contributed by atoms with E-state index in [1.54, 1.807) is 0 Å². The number of rotatable bonds is 7. The van der Waals surface area contributed by atoms with Crippen molar-refractivity contribution in [3.63, 3.8) is 0 Å². The molecule has 0 unspecified atom stereocenters. The molecule has 0 atom stereocenters. The summed E-state index contributed by atoms with van der Waals surface area (Å²) in [6.07, 6.45) is 2.17. The van der Waals surface area contributed by atoms with Crippen LogP contribution in [0.4, 0.5) is 0 Å². The highest BCUT2D eigenvalue weighted by atomic mass is 32.2. The molecule has 0 bridgehead atoms. The lowest BCUT2D eigenvalue weighted by Gasteiger charge is -2.22. The smallest absolute Gasteiger partial charge is 0.277 e. The molecular formula is C20H19N3O2S. The molecule has 2 aromatic carbocycles. The lowest BCUT2D eigenvalue weighted by Crippen LogP contribution is -2.33. The van der Waals surface area contributed by atoms with Crippen LogP contribution in [0.3, 0.4) is 0 Å². The van der Waals surface area contributed by atoms with Gasteiger partial charge in [-0.2, -0.15) is 0 Å². The number of thioether (sulfide) groups is 1. The Morgan fingerprint density at radius 1 is 1.04 bits per heavy atom. The van der Waals surface area contributed by atoms with E-state index in [2.05, 4.69) is 22.3 Å². The second kappa shape index (κ2) is 7.74. The van der Waals surface area contributed by atoms with Crippen LogP contribution in [0.25, 0.3) is 11.5 Å². The first-order chi connectivity index (χ1) is 12.8. The number of carbonyl (C=O) groups excluding carboxylic acids is 1. The molecule has 1 amide bonds. The molecule has 0 saturated heterocycles. The second-order valence-electron chi connectivity index (χ2n) is 6.27. The first kappa shape index (κ1) is 16.8. The minimum absolute atomic E-state index is 0.112. The van der Waals surface area contributed by atoms with Gasteiger partial charge in [0.05, 0.1) is 5.75 Å². The maximum Gasteiger partial charge on any atom is 0.277 e. The number of hydrogen-bond donors (Lipinski definition) is 0. The Hall–Kier alpha value is -2.60. The standard InChI is InChI=1S/C20H19N3O2S/c24-18(23(17-11-12-17)13-15-7-3-1-4-8-15)14-26-20-22-21-19(25-20)16-9-5-2-6-10-16/h1-10,17H,11-14H2. The topological polar surface area (TPSA) is 59.2 Å². The van der Waals surface area contributed by atoms with Gasteiger partial charge in [0.2, 0.25) is 11.8 Å². The highest BCUT2D eigenvalue weighted by molar-refractivity contribution is 7.99. The molecule has 26 heavy (non-hydrogen) atoms. The molecule has 1 aliphatic carbocycles. The molecule has 1 aromatic heterocycles. The maximum atomic E-state index is 12.7. The average Bonchev–Trinajstić information content (AvgIpc) is 3.42. The van der Waals surface area contributed by atoms with Crippen molar-refractivity contribution in [3.8, 4) is 11.5 Å². The van der Waals surface area contributed by atoms with E-state index in [1.165, 1.54) is 11.8 Å². The number of benzene rings is 2. The Kier molecular flexibility index (Phi) is 5.02. The van der Waals surface area contributed by atoms with Crippen molar-refractivity contribution in [3.05, 3.63) is 66.2 Å². The zero-order valence-electron chi connectivity index (χ0n) is 14.2. The van der Waals surface area contributed by atoms with Gasteiger partial charge in [-0.25, -0.2) is 0 Å². The summed E-state index contributed by atoms with van der Waals surface area (Å²) >= 11 is 1.30. The normalized spacial score (nSPS) is 13.5. The van der Waals surface area contributed by atoms with E-state index >= 15 is 0 Å². The van der Waals surface area contributed by atoms with Crippen molar-refractivity contribution in [2.45, 2.75) is 30.7 Å². The monoisotopic (exact) mass is 365 g/mol. The number of aromatic nitrogens is 2. The molecule has 0 radical (unpaired) electrons. The zero-order chi connectivity index (χ0) is 17.8. The molecule has 1 fully saturated rings. The van der Waals surface area contributed by atoms with E-state index in [1.807, 2.05) is 53.4 Å². The summed E-state index contributed by atoms with van der Waals surface area (Å²) in [5, 5.41) is 8.53. The summed E-state index contributed by atoms with van der Waals surface area (Å²) < 4.78 is 5.66. The number of hydrogen-bond acceptors (Lipinski definition) is 5. The van der Waals surface area contributed by atoms with Crippen LogP contribution in [-0.2, 0) is 11.3 Å². The van der Waals surface area contributed by atoms with Gasteiger partial charge in [-0.15, -0.1) is 10.2 Å². The van der Waals surface area contributed by atoms with Crippen LogP contribution in [0.5, 0.6) is 0 Å². The minimum atomic E-state index is 0.112. The van der Waals surface area contributed by atoms with Crippen LogP contribution in [-0.4, -0.2) is 32.8 Å². The quantitative estimate of drug-likeness (QED) is 0.592. The Labute approximate surface area is 156 Å². The first-order valence-corrected chi connectivity index (χ1v) is 9.63. The molecule has 5 nitrogen and oxygen atoms in total. The van der Waals surface area contributed by atoms with Crippen molar-refractivity contribution in [2.75, 3.05) is 5.75 Å². The van der Waals surface area contributed by atoms with Gasteiger partial charge in [0.15, 0.2) is 0 Å². The van der Waals surface area contributed by atoms with Crippen molar-refractivity contribution in [1.29, 1.82) is 0 Å². The van der Waals surface area contributed by atoms with Crippen molar-refractivity contribution in [1.82, 2.24) is 15.1 Å². The second-order valence-corrected chi connectivity index (χ2v) is 7.19. The Morgan fingerprint density at radius 3 is 2.42 bits per heavy atom. The van der Waals surface area contributed by atoms with Crippen molar-refractivity contribution in [2.24, 2.45) is 0 Å². The number of carbonyl (C=O) groups is 1. The van der Waals surface area contributed by atoms with Gasteiger partial charge in [0.1, 0.15) is 0 Å². The molecule has 132 valence electrons. The maximum absolute atomic E-state index is 12.7. The number of nitrogens with zero attached hydrogens (tertiary/aromatic N) is 3. The highest BCUT2D eigenvalue weighted by Gasteiger charge is 2.32. The van der Waals surface area contributed by atoms with Crippen LogP contribution in [0.1, 0.15) is 18.4 Å². The summed E-state index contributed by atoms with van der Waals surface area (Å²) in [7, 11) is 0. The van der Waals surface area contributed by atoms with Crippen LogP contribution in [0.15, 0.2) is 70.3 Å². The fraction of sp³-hybridized carbons (Fsp3) is 0.250. The van der Waals surface area contributed by atoms with E-state index in [0.29, 0.717) is 29.5 Å². The van der Waals surface area contributed by atoms with Crippen LogP contribution < -0.4 is 0 Å². The molecule has 0 spiro atoms. The summed E-state index contributed by atoms with van der Waals surface area (Å²) in [5.74, 6) is 0.893. The van der Waals surface area contributed by atoms with E-state index in [0.717, 1.165) is 24.0 Å². The Balaban J connectivity index is 1.37. The lowest BCUT2D eigenvalue weighted by atomic mass is 10.2. The van der Waals surface area contributed by atoms with E-state index in [-0.39, 0.29) is 5.91 Å². The largest absolute Gasteiger partial charge is 0.411 e. The minimum Gasteiger partial charge on any atom is -0.411 e. The highest BCUT2D eigenvalue weighted by Crippen LogP contribution is 2.30. The molecule has 3 aromatic rings. The number of amides is 1. The summed E-state index contributed by atoms with van der Waals surface area (Å²) in [6.45, 7) is 0.657. The summed E-state index contributed by atoms with van der Waals surface area (Å²) in [4.78, 5) is 14.7. The van der Waals surface area contributed by atoms with Gasteiger partial charge in [-0.1, -0.05) is 60.3 Å². The predicted octanol–water partition coefficient (Wildman–Crippen LogP) is 4.02. The van der Waals surface area contributed by atoms with Crippen LogP contribution in [0.2, 0.25) is 0 Å². The molecule has 1 saturated carbocycles. The Bertz CT molecular complexity index is 863. The van der Waals surface area contributed by atoms with Gasteiger partial charge < -0.3 is 9.32 Å². The van der Waals surface area contributed by atoms with Gasteiger partial charge in [-0.05, 0) is 30.5 Å². The average molecular weight is 365 g/mol. The first-order valence-electron chi connectivity index (χ1n) is 8.65. The fourth-order valence-electron chi connectivity index (χ4n) is 2.76. The molecule has 4 rings (SSSR count). The van der Waals surface area contributed by atoms with Gasteiger partial charge in [-0.3, -0.25) is 4.79 Å². The molecule has 6 heteroatoms. The predicted molar refractivity (Wildman–Crippen MR) is 100 cm³/mol. The van der Waals surface area contributed by atoms with Gasteiger partial charge >= 0.3 is 0 Å². The third-order valence-corrected chi connectivity index (χ3v) is 5.05. The third kappa shape index (κ3) is 4.14. The van der Waals surface area contributed by atoms with Crippen molar-refractivity contribution >= 4 is 17.7 Å². The third-order valence-electron chi connectivity index (χ3n) is 4.25. The molecular weight excluding hydrogens is 346 g/mol. The van der Waals surface area contributed by atoms with Crippen molar-refractivity contribution < 1.29 is 9.21 Å². The molecule has 0 aliphatic heterocycles. The zero-order valence-corrected chi connectivity index (χ0v) is 15.1. The lowest BCUT2D eigenvalue weighted by molar-refractivity contribution is -0.129. The van der Waals surface area contributed by atoms with E-state index in [4.69, 9.17) is 4.42 Å². The van der Waals surface area contributed by atoms with Crippen LogP contribution in [0, 0.1) is 0 Å². The van der Waals surface area contributed by atoms with Gasteiger partial charge in [0.25, 0.3) is 5.22 Å². The molecule has 1 heterocycles. The molecule has 0 N–H and O–H groups in total. The van der Waals surface area contributed by atoms with E-state index in [9.17, 15) is 4.79 Å². The SMILES string of the molecule is O=C(CSc1nnc(-c2ccccc2)o1)N(Cc1ccccc1)C1CC1. The van der Waals surface area contributed by atoms with E-state index < -0.39 is 0 Å².